The number of hydrogen-bond donors (Lipinski definition) is 0. The number of hydrogen-bond acceptors (Lipinski definition) is 6. The first-order chi connectivity index (χ1) is 12.0. The van der Waals surface area contributed by atoms with Crippen molar-refractivity contribution in [2.75, 3.05) is 12.9 Å². The van der Waals surface area contributed by atoms with E-state index in [9.17, 15) is 14.0 Å². The summed E-state index contributed by atoms with van der Waals surface area (Å²) in [6.45, 7) is 1.87. The largest absolute Gasteiger partial charge is 0.468 e. The molecule has 1 aromatic carbocycles. The maximum atomic E-state index is 13.3. The quantitative estimate of drug-likeness (QED) is 0.451. The number of carbonyl (C=O) groups excluding carboxylic acids is 1. The molecule has 25 heavy (non-hydrogen) atoms. The van der Waals surface area contributed by atoms with Crippen molar-refractivity contribution in [1.29, 1.82) is 0 Å². The number of nitrogens with zero attached hydrogens (tertiary/aromatic N) is 2. The van der Waals surface area contributed by atoms with Crippen LogP contribution in [0.4, 0.5) is 4.39 Å². The Bertz CT molecular complexity index is 852. The molecule has 0 N–H and O–H groups in total. The zero-order valence-corrected chi connectivity index (χ0v) is 15.5. The van der Waals surface area contributed by atoms with Crippen LogP contribution in [0.2, 0.25) is 0 Å². The van der Waals surface area contributed by atoms with E-state index in [1.165, 1.54) is 59.5 Å². The van der Waals surface area contributed by atoms with Gasteiger partial charge in [-0.3, -0.25) is 14.2 Å². The summed E-state index contributed by atoms with van der Waals surface area (Å²) in [5.74, 6) is 0.0707. The number of rotatable bonds is 5. The number of thioether (sulfide) groups is 2. The van der Waals surface area contributed by atoms with E-state index in [-0.39, 0.29) is 17.3 Å². The second-order valence-electron chi connectivity index (χ2n) is 5.42. The second kappa shape index (κ2) is 7.61. The summed E-state index contributed by atoms with van der Waals surface area (Å²) in [5.41, 5.74) is 1.10. The normalized spacial score (nSPS) is 14.2. The Morgan fingerprint density at radius 1 is 1.44 bits per heavy atom. The van der Waals surface area contributed by atoms with Crippen LogP contribution in [0.25, 0.3) is 5.69 Å². The Balaban J connectivity index is 2.13. The molecule has 2 aromatic rings. The molecule has 8 heteroatoms. The molecule has 0 fully saturated rings. The Morgan fingerprint density at radius 2 is 2.16 bits per heavy atom. The first kappa shape index (κ1) is 18.0. The number of aromatic nitrogens is 2. The van der Waals surface area contributed by atoms with Gasteiger partial charge in [0.05, 0.1) is 23.4 Å². The summed E-state index contributed by atoms with van der Waals surface area (Å²) >= 11 is 2.68. The summed E-state index contributed by atoms with van der Waals surface area (Å²) in [5, 5.41) is -0.0363. The third kappa shape index (κ3) is 3.59. The zero-order chi connectivity index (χ0) is 18.0. The number of esters is 1. The molecule has 0 saturated carbocycles. The third-order valence-electron chi connectivity index (χ3n) is 3.83. The number of ether oxygens (including phenoxy) is 1. The van der Waals surface area contributed by atoms with E-state index in [1.807, 2.05) is 6.92 Å². The van der Waals surface area contributed by atoms with Gasteiger partial charge >= 0.3 is 5.97 Å². The number of methoxy groups -OCH3 is 1. The molecule has 1 aliphatic rings. The van der Waals surface area contributed by atoms with Crippen LogP contribution in [0, 0.1) is 5.82 Å². The Labute approximate surface area is 153 Å². The van der Waals surface area contributed by atoms with Gasteiger partial charge in [-0.2, -0.15) is 0 Å². The van der Waals surface area contributed by atoms with Crippen molar-refractivity contribution in [3.8, 4) is 5.69 Å². The molecule has 2 heterocycles. The van der Waals surface area contributed by atoms with Gasteiger partial charge in [0, 0.05) is 12.2 Å². The summed E-state index contributed by atoms with van der Waals surface area (Å²) in [4.78, 5) is 30.1. The van der Waals surface area contributed by atoms with Gasteiger partial charge in [-0.1, -0.05) is 18.7 Å². The van der Waals surface area contributed by atoms with E-state index < -0.39 is 5.25 Å². The summed E-state index contributed by atoms with van der Waals surface area (Å²) in [6.07, 6.45) is 1.27. The maximum Gasteiger partial charge on any atom is 0.319 e. The van der Waals surface area contributed by atoms with Gasteiger partial charge in [-0.05, 0) is 30.7 Å². The van der Waals surface area contributed by atoms with E-state index in [1.54, 1.807) is 0 Å². The van der Waals surface area contributed by atoms with Crippen LogP contribution in [0.3, 0.4) is 0 Å². The SMILES string of the molecule is CC[C@@H](Sc1nc2c(c(=O)n1-c1ccc(F)cc1)SCC2)C(=O)OC. The molecular weight excluding hydrogens is 363 g/mol. The van der Waals surface area contributed by atoms with E-state index >= 15 is 0 Å². The van der Waals surface area contributed by atoms with Crippen LogP contribution in [-0.4, -0.2) is 33.6 Å². The van der Waals surface area contributed by atoms with Crippen LogP contribution in [0.1, 0.15) is 19.0 Å². The van der Waals surface area contributed by atoms with Crippen molar-refractivity contribution in [3.05, 3.63) is 46.1 Å². The van der Waals surface area contributed by atoms with Crippen molar-refractivity contribution in [2.24, 2.45) is 0 Å². The van der Waals surface area contributed by atoms with Gasteiger partial charge in [-0.25, -0.2) is 9.37 Å². The lowest BCUT2D eigenvalue weighted by Gasteiger charge is -2.17. The van der Waals surface area contributed by atoms with Crippen molar-refractivity contribution >= 4 is 29.5 Å². The van der Waals surface area contributed by atoms with Crippen molar-refractivity contribution in [2.45, 2.75) is 35.1 Å². The first-order valence-corrected chi connectivity index (χ1v) is 9.70. The number of halogens is 1. The highest BCUT2D eigenvalue weighted by atomic mass is 32.2. The average molecular weight is 380 g/mol. The van der Waals surface area contributed by atoms with Crippen LogP contribution in [0.5, 0.6) is 0 Å². The predicted octanol–water partition coefficient (Wildman–Crippen LogP) is 3.06. The smallest absolute Gasteiger partial charge is 0.319 e. The van der Waals surface area contributed by atoms with Crippen molar-refractivity contribution in [3.63, 3.8) is 0 Å². The molecule has 0 radical (unpaired) electrons. The molecule has 3 rings (SSSR count). The summed E-state index contributed by atoms with van der Waals surface area (Å²) in [7, 11) is 1.34. The fourth-order valence-corrected chi connectivity index (χ4v) is 4.64. The van der Waals surface area contributed by atoms with Gasteiger partial charge in [0.15, 0.2) is 5.16 Å². The fraction of sp³-hybridized carbons (Fsp3) is 0.353. The molecule has 0 unspecified atom stereocenters. The van der Waals surface area contributed by atoms with Gasteiger partial charge in [-0.15, -0.1) is 11.8 Å². The lowest BCUT2D eigenvalue weighted by molar-refractivity contribution is -0.140. The van der Waals surface area contributed by atoms with Gasteiger partial charge in [0.2, 0.25) is 0 Å². The zero-order valence-electron chi connectivity index (χ0n) is 13.8. The molecule has 0 aliphatic carbocycles. The van der Waals surface area contributed by atoms with Crippen LogP contribution in [0.15, 0.2) is 39.1 Å². The Hall–Kier alpha value is -1.80. The number of aryl methyl sites for hydroxylation is 1. The molecule has 1 aliphatic heterocycles. The standard InChI is InChI=1S/C17H17FN2O3S2/c1-3-13(16(22)23-2)25-17-19-12-8-9-24-14(12)15(21)20(17)11-6-4-10(18)5-7-11/h4-7,13H,3,8-9H2,1-2H3/t13-/m1/s1. The Morgan fingerprint density at radius 3 is 2.80 bits per heavy atom. The molecule has 0 spiro atoms. The van der Waals surface area contributed by atoms with Gasteiger partial charge in [0.1, 0.15) is 11.1 Å². The van der Waals surface area contributed by atoms with Crippen LogP contribution >= 0.6 is 23.5 Å². The predicted molar refractivity (Wildman–Crippen MR) is 96.2 cm³/mol. The first-order valence-electron chi connectivity index (χ1n) is 7.84. The molecule has 0 amide bonds. The minimum absolute atomic E-state index is 0.179. The number of fused-ring (bicyclic) bond motifs is 1. The highest BCUT2D eigenvalue weighted by Gasteiger charge is 2.26. The van der Waals surface area contributed by atoms with E-state index in [4.69, 9.17) is 4.74 Å². The van der Waals surface area contributed by atoms with E-state index in [0.717, 1.165) is 17.9 Å². The van der Waals surface area contributed by atoms with Gasteiger partial charge < -0.3 is 4.74 Å². The lowest BCUT2D eigenvalue weighted by Crippen LogP contribution is -2.26. The average Bonchev–Trinajstić information content (AvgIpc) is 3.09. The summed E-state index contributed by atoms with van der Waals surface area (Å²) in [6, 6.07) is 5.67. The van der Waals surface area contributed by atoms with Crippen molar-refractivity contribution < 1.29 is 13.9 Å². The molecule has 5 nitrogen and oxygen atoms in total. The monoisotopic (exact) mass is 380 g/mol. The molecule has 1 atom stereocenters. The highest BCUT2D eigenvalue weighted by molar-refractivity contribution is 8.00. The van der Waals surface area contributed by atoms with E-state index in [0.29, 0.717) is 22.2 Å². The van der Waals surface area contributed by atoms with Gasteiger partial charge in [0.25, 0.3) is 5.56 Å². The number of carbonyl (C=O) groups is 1. The second-order valence-corrected chi connectivity index (χ2v) is 7.70. The Kier molecular flexibility index (Phi) is 5.48. The minimum atomic E-state index is -0.462. The van der Waals surface area contributed by atoms with Crippen LogP contribution in [-0.2, 0) is 16.0 Å². The van der Waals surface area contributed by atoms with Crippen molar-refractivity contribution in [1.82, 2.24) is 9.55 Å². The minimum Gasteiger partial charge on any atom is -0.468 e. The third-order valence-corrected chi connectivity index (χ3v) is 6.24. The van der Waals surface area contributed by atoms with E-state index in [2.05, 4.69) is 4.98 Å². The highest BCUT2D eigenvalue weighted by Crippen LogP contribution is 2.32. The molecular formula is C17H17FN2O3S2. The molecule has 0 bridgehead atoms. The number of benzene rings is 1. The maximum absolute atomic E-state index is 13.3. The topological polar surface area (TPSA) is 61.2 Å². The molecule has 1 aromatic heterocycles. The molecule has 132 valence electrons. The lowest BCUT2D eigenvalue weighted by atomic mass is 10.3. The summed E-state index contributed by atoms with van der Waals surface area (Å²) < 4.78 is 19.5. The fourth-order valence-electron chi connectivity index (χ4n) is 2.55. The van der Waals surface area contributed by atoms with Crippen LogP contribution < -0.4 is 5.56 Å². The molecule has 0 saturated heterocycles.